The topological polar surface area (TPSA) is 39.1 Å². The molecule has 0 radical (unpaired) electrons. The molecule has 0 spiro atoms. The van der Waals surface area contributed by atoms with Gasteiger partial charge in [0, 0.05) is 38.1 Å². The summed E-state index contributed by atoms with van der Waals surface area (Å²) in [7, 11) is 0. The molecule has 18 heavy (non-hydrogen) atoms. The van der Waals surface area contributed by atoms with E-state index >= 15 is 0 Å². The van der Waals surface area contributed by atoms with Gasteiger partial charge < -0.3 is 14.6 Å². The van der Waals surface area contributed by atoms with Crippen LogP contribution in [0.25, 0.3) is 0 Å². The van der Waals surface area contributed by atoms with Gasteiger partial charge >= 0.3 is 0 Å². The van der Waals surface area contributed by atoms with Gasteiger partial charge in [0.25, 0.3) is 0 Å². The Balaban J connectivity index is 1.88. The van der Waals surface area contributed by atoms with E-state index in [1.54, 1.807) is 0 Å². The molecule has 1 saturated heterocycles. The zero-order chi connectivity index (χ0) is 13.0. The predicted octanol–water partition coefficient (Wildman–Crippen LogP) is 2.07. The maximum Gasteiger partial charge on any atom is 0.0946 e. The lowest BCUT2D eigenvalue weighted by Gasteiger charge is -2.32. The molecule has 1 aromatic heterocycles. The number of nitrogens with zero attached hydrogens (tertiary/aromatic N) is 2. The van der Waals surface area contributed by atoms with E-state index in [-0.39, 0.29) is 5.41 Å². The smallest absolute Gasteiger partial charge is 0.0946 e. The molecule has 2 unspecified atom stereocenters. The van der Waals surface area contributed by atoms with Gasteiger partial charge in [-0.05, 0) is 18.3 Å². The Bertz CT molecular complexity index is 336. The molecule has 1 N–H and O–H groups in total. The molecule has 0 amide bonds. The predicted molar refractivity (Wildman–Crippen MR) is 72.4 cm³/mol. The minimum atomic E-state index is 0.225. The van der Waals surface area contributed by atoms with Crippen LogP contribution in [0.15, 0.2) is 18.7 Å². The first-order chi connectivity index (χ1) is 8.55. The van der Waals surface area contributed by atoms with E-state index < -0.39 is 0 Å². The highest BCUT2D eigenvalue weighted by Gasteiger charge is 2.26. The first-order valence-corrected chi connectivity index (χ1v) is 6.86. The standard InChI is InChI=1S/C14H25N3O/c1-14(2,3)13(10-17-7-6-15-11-17)16-9-12-5-4-8-18-12/h6-7,11-13,16H,4-5,8-10H2,1-3H3. The second-order valence-electron chi connectivity index (χ2n) is 6.22. The van der Waals surface area contributed by atoms with Crippen LogP contribution in [0.5, 0.6) is 0 Å². The molecule has 2 rings (SSSR count). The van der Waals surface area contributed by atoms with Gasteiger partial charge in [0.1, 0.15) is 0 Å². The number of hydrogen-bond acceptors (Lipinski definition) is 3. The third-order valence-corrected chi connectivity index (χ3v) is 3.61. The highest BCUT2D eigenvalue weighted by Crippen LogP contribution is 2.21. The maximum absolute atomic E-state index is 5.67. The van der Waals surface area contributed by atoms with Gasteiger partial charge in [-0.2, -0.15) is 0 Å². The molecular weight excluding hydrogens is 226 g/mol. The summed E-state index contributed by atoms with van der Waals surface area (Å²) in [5, 5.41) is 3.67. The number of hydrogen-bond donors (Lipinski definition) is 1. The van der Waals surface area contributed by atoms with E-state index in [9.17, 15) is 0 Å². The van der Waals surface area contributed by atoms with Gasteiger partial charge in [-0.3, -0.25) is 0 Å². The van der Waals surface area contributed by atoms with Crippen LogP contribution in [-0.2, 0) is 11.3 Å². The van der Waals surface area contributed by atoms with Crippen LogP contribution in [0, 0.1) is 5.41 Å². The lowest BCUT2D eigenvalue weighted by atomic mass is 9.86. The number of imidazole rings is 1. The number of rotatable bonds is 5. The average Bonchev–Trinajstić information content (AvgIpc) is 2.95. The first-order valence-electron chi connectivity index (χ1n) is 6.86. The van der Waals surface area contributed by atoms with Crippen LogP contribution >= 0.6 is 0 Å². The molecule has 0 aliphatic carbocycles. The maximum atomic E-state index is 5.67. The van der Waals surface area contributed by atoms with Crippen molar-refractivity contribution < 1.29 is 4.74 Å². The van der Waals surface area contributed by atoms with Crippen LogP contribution in [0.1, 0.15) is 33.6 Å². The largest absolute Gasteiger partial charge is 0.377 e. The fourth-order valence-corrected chi connectivity index (χ4v) is 2.33. The van der Waals surface area contributed by atoms with Crippen molar-refractivity contribution >= 4 is 0 Å². The Kier molecular flexibility index (Phi) is 4.40. The number of aromatic nitrogens is 2. The number of nitrogens with one attached hydrogen (secondary N) is 1. The molecule has 2 heterocycles. The Morgan fingerprint density at radius 2 is 2.33 bits per heavy atom. The fraction of sp³-hybridized carbons (Fsp3) is 0.786. The van der Waals surface area contributed by atoms with Crippen molar-refractivity contribution in [1.29, 1.82) is 0 Å². The summed E-state index contributed by atoms with van der Waals surface area (Å²) >= 11 is 0. The normalized spacial score (nSPS) is 22.3. The molecule has 102 valence electrons. The first kappa shape index (κ1) is 13.6. The monoisotopic (exact) mass is 251 g/mol. The van der Waals surface area contributed by atoms with Gasteiger partial charge in [0.15, 0.2) is 0 Å². The molecule has 1 aliphatic rings. The van der Waals surface area contributed by atoms with Crippen molar-refractivity contribution in [2.24, 2.45) is 5.41 Å². The summed E-state index contributed by atoms with van der Waals surface area (Å²) in [6.45, 7) is 9.66. The Morgan fingerprint density at radius 1 is 1.50 bits per heavy atom. The summed E-state index contributed by atoms with van der Waals surface area (Å²) in [5.74, 6) is 0. The van der Waals surface area contributed by atoms with E-state index in [0.717, 1.165) is 19.7 Å². The van der Waals surface area contributed by atoms with E-state index in [1.807, 2.05) is 18.7 Å². The SMILES string of the molecule is CC(C)(C)C(Cn1ccnc1)NCC1CCCO1. The lowest BCUT2D eigenvalue weighted by molar-refractivity contribution is 0.0993. The van der Waals surface area contributed by atoms with Crippen LogP contribution in [0.3, 0.4) is 0 Å². The molecule has 1 aliphatic heterocycles. The van der Waals surface area contributed by atoms with Crippen molar-refractivity contribution in [1.82, 2.24) is 14.9 Å². The zero-order valence-electron chi connectivity index (χ0n) is 11.7. The summed E-state index contributed by atoms with van der Waals surface area (Å²) in [6, 6.07) is 0.427. The third-order valence-electron chi connectivity index (χ3n) is 3.61. The summed E-state index contributed by atoms with van der Waals surface area (Å²) in [5.41, 5.74) is 0.225. The Morgan fingerprint density at radius 3 is 2.89 bits per heavy atom. The van der Waals surface area contributed by atoms with E-state index in [1.165, 1.54) is 12.8 Å². The second-order valence-corrected chi connectivity index (χ2v) is 6.22. The van der Waals surface area contributed by atoms with Crippen LogP contribution in [0.2, 0.25) is 0 Å². The van der Waals surface area contributed by atoms with Gasteiger partial charge in [0.05, 0.1) is 12.4 Å². The molecule has 4 nitrogen and oxygen atoms in total. The van der Waals surface area contributed by atoms with E-state index in [4.69, 9.17) is 4.74 Å². The quantitative estimate of drug-likeness (QED) is 0.870. The molecule has 0 saturated carbocycles. The van der Waals surface area contributed by atoms with Gasteiger partial charge in [-0.1, -0.05) is 20.8 Å². The lowest BCUT2D eigenvalue weighted by Crippen LogP contribution is -2.46. The number of ether oxygens (including phenoxy) is 1. The third kappa shape index (κ3) is 3.82. The Hall–Kier alpha value is -0.870. The minimum Gasteiger partial charge on any atom is -0.377 e. The van der Waals surface area contributed by atoms with Crippen LogP contribution in [0.4, 0.5) is 0 Å². The average molecular weight is 251 g/mol. The van der Waals surface area contributed by atoms with Gasteiger partial charge in [-0.15, -0.1) is 0 Å². The van der Waals surface area contributed by atoms with Gasteiger partial charge in [0.2, 0.25) is 0 Å². The highest BCUT2D eigenvalue weighted by molar-refractivity contribution is 4.85. The molecule has 2 atom stereocenters. The molecular formula is C14H25N3O. The van der Waals surface area contributed by atoms with Crippen molar-refractivity contribution in [3.8, 4) is 0 Å². The highest BCUT2D eigenvalue weighted by atomic mass is 16.5. The van der Waals surface area contributed by atoms with Crippen molar-refractivity contribution in [3.05, 3.63) is 18.7 Å². The summed E-state index contributed by atoms with van der Waals surface area (Å²) in [4.78, 5) is 4.11. The van der Waals surface area contributed by atoms with Crippen molar-refractivity contribution in [2.75, 3.05) is 13.2 Å². The van der Waals surface area contributed by atoms with Crippen LogP contribution in [-0.4, -0.2) is 34.8 Å². The summed E-state index contributed by atoms with van der Waals surface area (Å²) in [6.07, 6.45) is 8.53. The molecule has 0 aromatic carbocycles. The summed E-state index contributed by atoms with van der Waals surface area (Å²) < 4.78 is 7.81. The second kappa shape index (κ2) is 5.85. The molecule has 4 heteroatoms. The zero-order valence-corrected chi connectivity index (χ0v) is 11.7. The van der Waals surface area contributed by atoms with E-state index in [2.05, 4.69) is 35.6 Å². The van der Waals surface area contributed by atoms with E-state index in [0.29, 0.717) is 12.1 Å². The van der Waals surface area contributed by atoms with Crippen molar-refractivity contribution in [2.45, 2.75) is 52.3 Å². The fourth-order valence-electron chi connectivity index (χ4n) is 2.33. The van der Waals surface area contributed by atoms with Gasteiger partial charge in [-0.25, -0.2) is 4.98 Å². The van der Waals surface area contributed by atoms with Crippen LogP contribution < -0.4 is 5.32 Å². The Labute approximate surface area is 110 Å². The molecule has 1 fully saturated rings. The molecule has 0 bridgehead atoms. The van der Waals surface area contributed by atoms with Crippen molar-refractivity contribution in [3.63, 3.8) is 0 Å². The minimum absolute atomic E-state index is 0.225. The molecule has 1 aromatic rings.